The molecule has 13 nitrogen and oxygen atoms in total. The quantitative estimate of drug-likeness (QED) is 0.419. The Morgan fingerprint density at radius 2 is 1.86 bits per heavy atom. The highest BCUT2D eigenvalue weighted by molar-refractivity contribution is 7.91. The van der Waals surface area contributed by atoms with E-state index < -0.39 is 62.2 Å². The van der Waals surface area contributed by atoms with Crippen molar-refractivity contribution in [2.75, 3.05) is 0 Å². The second kappa shape index (κ2) is 12.4. The fraction of sp³-hybridized carbons (Fsp3) is 0.543. The third kappa shape index (κ3) is 6.13. The van der Waals surface area contributed by atoms with Crippen molar-refractivity contribution in [1.82, 2.24) is 19.9 Å². The number of fused-ring (bicyclic) bond motifs is 5. The minimum absolute atomic E-state index is 0.0571. The lowest BCUT2D eigenvalue weighted by atomic mass is 9.87. The first-order valence-electron chi connectivity index (χ1n) is 17.1. The van der Waals surface area contributed by atoms with Gasteiger partial charge in [-0.05, 0) is 64.0 Å². The minimum Gasteiger partial charge on any atom is -0.466 e. The number of ketones is 1. The van der Waals surface area contributed by atoms with Crippen molar-refractivity contribution in [3.63, 3.8) is 0 Å². The molecule has 1 aromatic carbocycles. The van der Waals surface area contributed by atoms with Crippen LogP contribution < -0.4 is 14.8 Å². The molecule has 3 aliphatic heterocycles. The zero-order valence-electron chi connectivity index (χ0n) is 28.0. The van der Waals surface area contributed by atoms with E-state index in [-0.39, 0.29) is 37.0 Å². The number of ether oxygens (including phenoxy) is 1. The Hall–Kier alpha value is -4.40. The Morgan fingerprint density at radius 1 is 1.10 bits per heavy atom. The number of nitrogens with one attached hydrogen (secondary N) is 2. The van der Waals surface area contributed by atoms with Gasteiger partial charge in [-0.15, -0.1) is 0 Å². The maximum Gasteiger partial charge on any atom is 0.405 e. The summed E-state index contributed by atoms with van der Waals surface area (Å²) in [4.78, 5) is 64.0. The summed E-state index contributed by atoms with van der Waals surface area (Å²) in [6.07, 6.45) is 3.92. The summed E-state index contributed by atoms with van der Waals surface area (Å²) < 4.78 is 49.1. The van der Waals surface area contributed by atoms with E-state index >= 15 is 0 Å². The number of aryl methyl sites for hydroxylation is 2. The van der Waals surface area contributed by atoms with Gasteiger partial charge in [-0.1, -0.05) is 18.6 Å². The summed E-state index contributed by atoms with van der Waals surface area (Å²) in [6.45, 7) is 3.23. The first-order chi connectivity index (χ1) is 23.7. The van der Waals surface area contributed by atoms with Gasteiger partial charge < -0.3 is 15.2 Å². The summed E-state index contributed by atoms with van der Waals surface area (Å²) in [5, 5.41) is 12.4. The van der Waals surface area contributed by atoms with E-state index in [9.17, 15) is 37.1 Å². The van der Waals surface area contributed by atoms with Gasteiger partial charge in [0.15, 0.2) is 11.5 Å². The van der Waals surface area contributed by atoms with Crippen LogP contribution in [0.4, 0.5) is 9.18 Å². The second-order valence-corrected chi connectivity index (χ2v) is 16.6. The average molecular weight is 710 g/mol. The number of aromatic nitrogens is 1. The second-order valence-electron chi connectivity index (χ2n) is 14.4. The van der Waals surface area contributed by atoms with E-state index in [1.165, 1.54) is 17.2 Å². The molecule has 50 heavy (non-hydrogen) atoms. The molecule has 0 radical (unpaired) electrons. The standard InChI is InChI=1S/C35H40FN5O8S/c1-19-31-22(21-7-5-8-24(36)30(21)38-19)10-12-35(49-31)13-11-28(42)25(39-33(45)46)9-4-3-6-20-16-26(20)37-18-27-23(17-29(43)41(27)35)32(44)40-50(47,48)34(2)14-15-34/h5,7-8,18,23,25,27,39H,3-4,6,9-17H2,1-2H3,(H,40,44)(H,45,46)/b37-18-/t23-,25-,27+,35+/m0/s1. The highest BCUT2D eigenvalue weighted by Crippen LogP contribution is 2.47. The Bertz CT molecular complexity index is 1990. The molecule has 15 heteroatoms. The van der Waals surface area contributed by atoms with Crippen molar-refractivity contribution in [3.05, 3.63) is 46.5 Å². The van der Waals surface area contributed by atoms with Gasteiger partial charge in [0.25, 0.3) is 0 Å². The van der Waals surface area contributed by atoms with E-state index in [4.69, 9.17) is 9.73 Å². The summed E-state index contributed by atoms with van der Waals surface area (Å²) in [5.74, 6) is -2.97. The van der Waals surface area contributed by atoms with E-state index in [1.54, 1.807) is 26.0 Å². The molecule has 1 spiro atoms. The third-order valence-corrected chi connectivity index (χ3v) is 13.1. The Labute approximate surface area is 288 Å². The molecular formula is C35H40FN5O8S. The highest BCUT2D eigenvalue weighted by atomic mass is 32.2. The molecule has 4 atom stereocenters. The number of halogens is 1. The number of benzene rings is 1. The maximum absolute atomic E-state index is 14.8. The summed E-state index contributed by atoms with van der Waals surface area (Å²) >= 11 is 0. The van der Waals surface area contributed by atoms with E-state index in [2.05, 4.69) is 15.0 Å². The number of carbonyl (C=O) groups is 4. The molecule has 2 aromatic rings. The average Bonchev–Trinajstić information content (AvgIpc) is 3.97. The van der Waals surface area contributed by atoms with Crippen LogP contribution in [0.2, 0.25) is 0 Å². The Morgan fingerprint density at radius 3 is 2.60 bits per heavy atom. The van der Waals surface area contributed by atoms with Crippen LogP contribution in [0.5, 0.6) is 5.75 Å². The lowest BCUT2D eigenvalue weighted by Crippen LogP contribution is -2.60. The molecule has 0 bridgehead atoms. The zero-order chi connectivity index (χ0) is 35.6. The summed E-state index contributed by atoms with van der Waals surface area (Å²) in [5.41, 5.74) is 1.60. The molecule has 7 rings (SSSR count). The number of Topliss-reactive ketones (excluding diaryl/α,β-unsaturated/α-hetero) is 1. The number of hydrogen-bond donors (Lipinski definition) is 3. The predicted octanol–water partition coefficient (Wildman–Crippen LogP) is 4.21. The van der Waals surface area contributed by atoms with E-state index in [1.807, 2.05) is 0 Å². The van der Waals surface area contributed by atoms with Crippen molar-refractivity contribution in [2.24, 2.45) is 10.9 Å². The number of sulfonamides is 1. The monoisotopic (exact) mass is 709 g/mol. The molecule has 2 aliphatic carbocycles. The first kappa shape index (κ1) is 34.1. The molecule has 1 saturated heterocycles. The van der Waals surface area contributed by atoms with Crippen molar-refractivity contribution in [1.29, 1.82) is 0 Å². The molecule has 5 aliphatic rings. The number of nitrogens with zero attached hydrogens (tertiary/aromatic N) is 3. The van der Waals surface area contributed by atoms with Gasteiger partial charge in [-0.25, -0.2) is 22.6 Å². The van der Waals surface area contributed by atoms with Crippen LogP contribution in [-0.4, -0.2) is 75.9 Å². The number of para-hydroxylation sites is 1. The molecule has 266 valence electrons. The van der Waals surface area contributed by atoms with Crippen LogP contribution in [0, 0.1) is 18.7 Å². The van der Waals surface area contributed by atoms with Crippen LogP contribution in [0.1, 0.15) is 88.8 Å². The predicted molar refractivity (Wildman–Crippen MR) is 179 cm³/mol. The Balaban J connectivity index is 1.32. The highest BCUT2D eigenvalue weighted by Gasteiger charge is 2.57. The molecule has 0 unspecified atom stereocenters. The van der Waals surface area contributed by atoms with Gasteiger partial charge in [0.2, 0.25) is 21.8 Å². The molecule has 4 heterocycles. The van der Waals surface area contributed by atoms with Crippen molar-refractivity contribution >= 4 is 50.8 Å². The summed E-state index contributed by atoms with van der Waals surface area (Å²) in [7, 11) is -4.01. The molecule has 3 N–H and O–H groups in total. The number of carboxylic acid groups (broad SMARTS) is 1. The smallest absolute Gasteiger partial charge is 0.405 e. The minimum atomic E-state index is -4.01. The van der Waals surface area contributed by atoms with Crippen LogP contribution in [0.25, 0.3) is 10.9 Å². The lowest BCUT2D eigenvalue weighted by molar-refractivity contribution is -0.157. The molecule has 1 aromatic heterocycles. The number of allylic oxidation sites excluding steroid dienone is 2. The summed E-state index contributed by atoms with van der Waals surface area (Å²) in [6, 6.07) is 2.64. The fourth-order valence-corrected chi connectivity index (χ4v) is 8.93. The van der Waals surface area contributed by atoms with E-state index in [0.717, 1.165) is 17.7 Å². The van der Waals surface area contributed by atoms with Crippen molar-refractivity contribution < 1.29 is 41.8 Å². The lowest BCUT2D eigenvalue weighted by Gasteiger charge is -2.47. The first-order valence-corrected chi connectivity index (χ1v) is 18.6. The number of carbonyl (C=O) groups excluding carboxylic acids is 3. The van der Waals surface area contributed by atoms with Gasteiger partial charge in [0.1, 0.15) is 17.1 Å². The maximum atomic E-state index is 14.8. The van der Waals surface area contributed by atoms with Crippen LogP contribution in [0.3, 0.4) is 0 Å². The SMILES string of the molecule is Cc1nc2c(F)cccc2c2c1O[C@@]1(CCC(=O)[C@@H](NC(=O)O)CCCCC3=C(C3)/N=C\[C@@H]3[C@@H](C(=O)NS(=O)(=O)C4(C)CC4)CC(=O)N31)CC2. The number of pyridine rings is 1. The molecule has 1 saturated carbocycles. The number of aliphatic imine (C=N–C) groups is 1. The van der Waals surface area contributed by atoms with Gasteiger partial charge >= 0.3 is 6.09 Å². The van der Waals surface area contributed by atoms with Gasteiger partial charge in [0, 0.05) is 55.0 Å². The number of rotatable bonds is 4. The largest absolute Gasteiger partial charge is 0.466 e. The topological polar surface area (TPSA) is 184 Å². The normalized spacial score (nSPS) is 28.5. The molecule has 2 fully saturated rings. The molecular weight excluding hydrogens is 669 g/mol. The number of amides is 3. The number of hydrogen-bond acceptors (Lipinski definition) is 9. The van der Waals surface area contributed by atoms with Crippen molar-refractivity contribution in [3.8, 4) is 5.75 Å². The van der Waals surface area contributed by atoms with Crippen LogP contribution >= 0.6 is 0 Å². The van der Waals surface area contributed by atoms with Crippen LogP contribution in [-0.2, 0) is 30.8 Å². The van der Waals surface area contributed by atoms with Gasteiger partial charge in [-0.2, -0.15) is 0 Å². The van der Waals surface area contributed by atoms with Gasteiger partial charge in [-0.3, -0.25) is 29.0 Å². The van der Waals surface area contributed by atoms with Crippen LogP contribution in [0.15, 0.2) is 34.5 Å². The fourth-order valence-electron chi connectivity index (χ4n) is 7.63. The Kier molecular flexibility index (Phi) is 8.47. The molecule has 3 amide bonds. The van der Waals surface area contributed by atoms with Crippen molar-refractivity contribution in [2.45, 2.75) is 113 Å². The third-order valence-electron chi connectivity index (χ3n) is 11.0. The van der Waals surface area contributed by atoms with Gasteiger partial charge in [0.05, 0.1) is 28.4 Å². The van der Waals surface area contributed by atoms with E-state index in [0.29, 0.717) is 67.3 Å². The zero-order valence-corrected chi connectivity index (χ0v) is 28.8.